The Hall–Kier alpha value is -1.10. The summed E-state index contributed by atoms with van der Waals surface area (Å²) >= 11 is 0. The molecule has 2 atom stereocenters. The predicted octanol–water partition coefficient (Wildman–Crippen LogP) is 0.696. The number of rotatable bonds is 5. The molecule has 0 aromatic heterocycles. The zero-order chi connectivity index (χ0) is 13.0. The molecule has 0 aromatic carbocycles. The molecule has 1 aliphatic rings. The zero-order valence-electron chi connectivity index (χ0n) is 10.8. The van der Waals surface area contributed by atoms with E-state index in [0.717, 1.165) is 19.4 Å². The maximum atomic E-state index is 11.7. The average Bonchev–Trinajstić information content (AvgIpc) is 2.60. The van der Waals surface area contributed by atoms with E-state index in [9.17, 15) is 9.59 Å². The van der Waals surface area contributed by atoms with Crippen molar-refractivity contribution in [3.05, 3.63) is 0 Å². The monoisotopic (exact) mass is 242 g/mol. The molecule has 0 radical (unpaired) electrons. The lowest BCUT2D eigenvalue weighted by atomic mass is 10.0. The summed E-state index contributed by atoms with van der Waals surface area (Å²) in [5.41, 5.74) is 0. The lowest BCUT2D eigenvalue weighted by Crippen LogP contribution is -2.48. The van der Waals surface area contributed by atoms with Crippen LogP contribution in [-0.2, 0) is 9.59 Å². The highest BCUT2D eigenvalue weighted by atomic mass is 16.4. The third-order valence-corrected chi connectivity index (χ3v) is 3.29. The molecular formula is C12H22N2O3. The average molecular weight is 242 g/mol. The molecule has 17 heavy (non-hydrogen) atoms. The van der Waals surface area contributed by atoms with Gasteiger partial charge in [-0.25, -0.2) is 4.79 Å². The Morgan fingerprint density at radius 3 is 2.53 bits per heavy atom. The van der Waals surface area contributed by atoms with Gasteiger partial charge in [0, 0.05) is 6.04 Å². The van der Waals surface area contributed by atoms with Crippen molar-refractivity contribution in [3.8, 4) is 0 Å². The molecule has 0 saturated carbocycles. The van der Waals surface area contributed by atoms with Gasteiger partial charge in [0.15, 0.2) is 0 Å². The highest BCUT2D eigenvalue weighted by molar-refractivity contribution is 5.84. The molecule has 1 saturated heterocycles. The molecule has 0 aliphatic carbocycles. The number of likely N-dealkylation sites (tertiary alicyclic amines) is 1. The predicted molar refractivity (Wildman–Crippen MR) is 64.7 cm³/mol. The SMILES string of the molecule is CC(C)[C@@H](NC(=O)CN1CCCC1C)C(=O)O. The summed E-state index contributed by atoms with van der Waals surface area (Å²) in [6, 6.07) is -0.372. The molecule has 0 spiro atoms. The van der Waals surface area contributed by atoms with Crippen molar-refractivity contribution in [3.63, 3.8) is 0 Å². The highest BCUT2D eigenvalue weighted by Crippen LogP contribution is 2.15. The quantitative estimate of drug-likeness (QED) is 0.744. The van der Waals surface area contributed by atoms with Gasteiger partial charge < -0.3 is 10.4 Å². The first kappa shape index (κ1) is 14.0. The second kappa shape index (κ2) is 6.00. The number of hydrogen-bond acceptors (Lipinski definition) is 3. The van der Waals surface area contributed by atoms with E-state index in [1.807, 2.05) is 0 Å². The van der Waals surface area contributed by atoms with E-state index in [0.29, 0.717) is 12.6 Å². The van der Waals surface area contributed by atoms with Crippen molar-refractivity contribution in [2.45, 2.75) is 45.7 Å². The summed E-state index contributed by atoms with van der Waals surface area (Å²) in [5.74, 6) is -1.27. The van der Waals surface area contributed by atoms with Gasteiger partial charge in [0.2, 0.25) is 5.91 Å². The first-order chi connectivity index (χ1) is 7.91. The van der Waals surface area contributed by atoms with Gasteiger partial charge in [0.05, 0.1) is 6.54 Å². The van der Waals surface area contributed by atoms with Crippen molar-refractivity contribution in [1.82, 2.24) is 10.2 Å². The lowest BCUT2D eigenvalue weighted by Gasteiger charge is -2.23. The second-order valence-electron chi connectivity index (χ2n) is 5.09. The third kappa shape index (κ3) is 4.00. The van der Waals surface area contributed by atoms with Crippen LogP contribution in [0.15, 0.2) is 0 Å². The summed E-state index contributed by atoms with van der Waals surface area (Å²) in [5, 5.41) is 11.6. The summed E-state index contributed by atoms with van der Waals surface area (Å²) in [4.78, 5) is 24.8. The minimum atomic E-state index is -0.970. The Kier molecular flexibility index (Phi) is 4.93. The van der Waals surface area contributed by atoms with Crippen LogP contribution < -0.4 is 5.32 Å². The van der Waals surface area contributed by atoms with E-state index < -0.39 is 12.0 Å². The van der Waals surface area contributed by atoms with Crippen LogP contribution in [0.25, 0.3) is 0 Å². The van der Waals surface area contributed by atoms with Gasteiger partial charge in [0.25, 0.3) is 0 Å². The van der Waals surface area contributed by atoms with Gasteiger partial charge in [-0.2, -0.15) is 0 Å². The maximum absolute atomic E-state index is 11.7. The second-order valence-corrected chi connectivity index (χ2v) is 5.09. The van der Waals surface area contributed by atoms with Crippen molar-refractivity contribution >= 4 is 11.9 Å². The number of nitrogens with one attached hydrogen (secondary N) is 1. The van der Waals surface area contributed by atoms with Crippen LogP contribution in [0.2, 0.25) is 0 Å². The van der Waals surface area contributed by atoms with Crippen LogP contribution in [0.4, 0.5) is 0 Å². The number of carbonyl (C=O) groups excluding carboxylic acids is 1. The van der Waals surface area contributed by atoms with E-state index in [2.05, 4.69) is 17.1 Å². The number of nitrogens with zero attached hydrogens (tertiary/aromatic N) is 1. The fourth-order valence-electron chi connectivity index (χ4n) is 2.14. The van der Waals surface area contributed by atoms with E-state index in [1.54, 1.807) is 13.8 Å². The number of hydrogen-bond donors (Lipinski definition) is 2. The van der Waals surface area contributed by atoms with E-state index in [4.69, 9.17) is 5.11 Å². The largest absolute Gasteiger partial charge is 0.480 e. The third-order valence-electron chi connectivity index (χ3n) is 3.29. The minimum absolute atomic E-state index is 0.104. The van der Waals surface area contributed by atoms with Crippen LogP contribution in [0.5, 0.6) is 0 Å². The number of carboxylic acid groups (broad SMARTS) is 1. The number of carbonyl (C=O) groups is 2. The van der Waals surface area contributed by atoms with Crippen molar-refractivity contribution in [2.24, 2.45) is 5.92 Å². The van der Waals surface area contributed by atoms with E-state index in [1.165, 1.54) is 0 Å². The van der Waals surface area contributed by atoms with Crippen LogP contribution in [0, 0.1) is 5.92 Å². The molecule has 1 rings (SSSR count). The Balaban J connectivity index is 2.45. The minimum Gasteiger partial charge on any atom is -0.480 e. The molecule has 1 heterocycles. The Morgan fingerprint density at radius 1 is 1.47 bits per heavy atom. The molecule has 1 aliphatic heterocycles. The lowest BCUT2D eigenvalue weighted by molar-refractivity contribution is -0.143. The molecule has 98 valence electrons. The van der Waals surface area contributed by atoms with Crippen LogP contribution >= 0.6 is 0 Å². The normalized spacial score (nSPS) is 22.7. The molecule has 1 unspecified atom stereocenters. The fraction of sp³-hybridized carbons (Fsp3) is 0.833. The van der Waals surface area contributed by atoms with E-state index >= 15 is 0 Å². The van der Waals surface area contributed by atoms with Gasteiger partial charge in [-0.15, -0.1) is 0 Å². The Labute approximate surface area is 102 Å². The Morgan fingerprint density at radius 2 is 2.12 bits per heavy atom. The molecular weight excluding hydrogens is 220 g/mol. The summed E-state index contributed by atoms with van der Waals surface area (Å²) < 4.78 is 0. The molecule has 5 heteroatoms. The summed E-state index contributed by atoms with van der Waals surface area (Å²) in [6.45, 7) is 6.90. The number of amides is 1. The molecule has 0 aromatic rings. The summed E-state index contributed by atoms with van der Waals surface area (Å²) in [7, 11) is 0. The van der Waals surface area contributed by atoms with Gasteiger partial charge in [-0.1, -0.05) is 13.8 Å². The number of carboxylic acids is 1. The highest BCUT2D eigenvalue weighted by Gasteiger charge is 2.26. The van der Waals surface area contributed by atoms with Crippen molar-refractivity contribution in [1.29, 1.82) is 0 Å². The number of aliphatic carboxylic acids is 1. The van der Waals surface area contributed by atoms with Crippen molar-refractivity contribution in [2.75, 3.05) is 13.1 Å². The van der Waals surface area contributed by atoms with Crippen LogP contribution in [-0.4, -0.2) is 47.1 Å². The molecule has 1 fully saturated rings. The van der Waals surface area contributed by atoms with Gasteiger partial charge in [0.1, 0.15) is 6.04 Å². The van der Waals surface area contributed by atoms with Crippen LogP contribution in [0.3, 0.4) is 0 Å². The van der Waals surface area contributed by atoms with Crippen LogP contribution in [0.1, 0.15) is 33.6 Å². The summed E-state index contributed by atoms with van der Waals surface area (Å²) in [6.07, 6.45) is 2.22. The van der Waals surface area contributed by atoms with Gasteiger partial charge in [-0.05, 0) is 32.2 Å². The van der Waals surface area contributed by atoms with Gasteiger partial charge in [-0.3, -0.25) is 9.69 Å². The van der Waals surface area contributed by atoms with Gasteiger partial charge >= 0.3 is 5.97 Å². The fourth-order valence-corrected chi connectivity index (χ4v) is 2.14. The molecule has 1 amide bonds. The molecule has 2 N–H and O–H groups in total. The molecule has 5 nitrogen and oxygen atoms in total. The first-order valence-corrected chi connectivity index (χ1v) is 6.18. The Bertz CT molecular complexity index is 291. The topological polar surface area (TPSA) is 69.6 Å². The van der Waals surface area contributed by atoms with E-state index in [-0.39, 0.29) is 11.8 Å². The first-order valence-electron chi connectivity index (χ1n) is 6.18. The zero-order valence-corrected chi connectivity index (χ0v) is 10.8. The van der Waals surface area contributed by atoms with Crippen molar-refractivity contribution < 1.29 is 14.7 Å². The maximum Gasteiger partial charge on any atom is 0.326 e. The molecule has 0 bridgehead atoms. The smallest absolute Gasteiger partial charge is 0.326 e. The standard InChI is InChI=1S/C12H22N2O3/c1-8(2)11(12(16)17)13-10(15)7-14-6-4-5-9(14)3/h8-9,11H,4-7H2,1-3H3,(H,13,15)(H,16,17)/t9?,11-/m1/s1.